The van der Waals surface area contributed by atoms with Gasteiger partial charge in [-0.15, -0.1) is 0 Å². The summed E-state index contributed by atoms with van der Waals surface area (Å²) in [7, 11) is 1.58. The number of methoxy groups -OCH3 is 1. The van der Waals surface area contributed by atoms with Crippen LogP contribution in [-0.4, -0.2) is 37.7 Å². The van der Waals surface area contributed by atoms with Crippen LogP contribution in [0.5, 0.6) is 5.88 Å². The van der Waals surface area contributed by atoms with Gasteiger partial charge in [-0.2, -0.15) is 5.10 Å². The van der Waals surface area contributed by atoms with Gasteiger partial charge in [-0.3, -0.25) is 14.5 Å². The van der Waals surface area contributed by atoms with Gasteiger partial charge < -0.3 is 10.1 Å². The maximum atomic E-state index is 12.5. The normalized spacial score (nSPS) is 10.7. The van der Waals surface area contributed by atoms with Crippen LogP contribution in [0.15, 0.2) is 61.2 Å². The number of ether oxygens (including phenoxy) is 1. The van der Waals surface area contributed by atoms with Gasteiger partial charge in [-0.1, -0.05) is 0 Å². The molecule has 0 aliphatic carbocycles. The second kappa shape index (κ2) is 8.74. The fourth-order valence-corrected chi connectivity index (χ4v) is 3.24. The molecule has 0 unspecified atom stereocenters. The van der Waals surface area contributed by atoms with Crippen molar-refractivity contribution in [1.82, 2.24) is 24.7 Å². The van der Waals surface area contributed by atoms with Gasteiger partial charge >= 0.3 is 0 Å². The maximum Gasteiger partial charge on any atom is 0.247 e. The number of amides is 1. The largest absolute Gasteiger partial charge is 0.481 e. The Morgan fingerprint density at radius 1 is 1.00 bits per heavy atom. The highest BCUT2D eigenvalue weighted by molar-refractivity contribution is 5.89. The Bertz CT molecular complexity index is 1200. The van der Waals surface area contributed by atoms with Gasteiger partial charge in [-0.25, -0.2) is 9.97 Å². The number of aromatic nitrogens is 5. The predicted octanol–water partition coefficient (Wildman–Crippen LogP) is 3.67. The maximum absolute atomic E-state index is 12.5. The van der Waals surface area contributed by atoms with E-state index >= 15 is 0 Å². The van der Waals surface area contributed by atoms with E-state index in [0.717, 1.165) is 33.6 Å². The van der Waals surface area contributed by atoms with Crippen molar-refractivity contribution in [2.75, 3.05) is 12.4 Å². The van der Waals surface area contributed by atoms with Crippen molar-refractivity contribution in [3.05, 3.63) is 72.6 Å². The smallest absolute Gasteiger partial charge is 0.247 e. The third-order valence-corrected chi connectivity index (χ3v) is 4.77. The van der Waals surface area contributed by atoms with Crippen LogP contribution >= 0.6 is 0 Å². The summed E-state index contributed by atoms with van der Waals surface area (Å²) in [5, 5.41) is 7.27. The Balaban J connectivity index is 1.41. The highest BCUT2D eigenvalue weighted by atomic mass is 16.5. The molecule has 0 aromatic carbocycles. The molecule has 4 aromatic heterocycles. The van der Waals surface area contributed by atoms with Crippen molar-refractivity contribution in [3.8, 4) is 28.1 Å². The lowest BCUT2D eigenvalue weighted by Crippen LogP contribution is -2.19. The molecule has 0 radical (unpaired) electrons. The highest BCUT2D eigenvalue weighted by Gasteiger charge is 2.11. The van der Waals surface area contributed by atoms with Crippen LogP contribution in [0.4, 0.5) is 5.82 Å². The third kappa shape index (κ3) is 4.75. The third-order valence-electron chi connectivity index (χ3n) is 4.77. The standard InChI is InChI=1S/C23H22N6O2/c1-15-10-17(8-9-24-15)20-13-29(28-16(20)2)14-22(30)27-21-6-4-18(11-25-21)19-5-7-23(31-3)26-12-19/h4-13H,14H2,1-3H3,(H,25,27,30). The first-order valence-electron chi connectivity index (χ1n) is 9.75. The zero-order valence-corrected chi connectivity index (χ0v) is 17.5. The van der Waals surface area contributed by atoms with Gasteiger partial charge in [-0.05, 0) is 49.7 Å². The Labute approximate surface area is 180 Å². The minimum absolute atomic E-state index is 0.0940. The second-order valence-corrected chi connectivity index (χ2v) is 7.08. The minimum atomic E-state index is -0.202. The van der Waals surface area contributed by atoms with Crippen molar-refractivity contribution >= 4 is 11.7 Å². The first-order valence-corrected chi connectivity index (χ1v) is 9.75. The van der Waals surface area contributed by atoms with Crippen molar-refractivity contribution in [2.45, 2.75) is 20.4 Å². The fraction of sp³-hybridized carbons (Fsp3) is 0.174. The van der Waals surface area contributed by atoms with Gasteiger partial charge in [0.15, 0.2) is 0 Å². The Morgan fingerprint density at radius 2 is 1.77 bits per heavy atom. The monoisotopic (exact) mass is 414 g/mol. The lowest BCUT2D eigenvalue weighted by atomic mass is 10.1. The number of hydrogen-bond acceptors (Lipinski definition) is 6. The highest BCUT2D eigenvalue weighted by Crippen LogP contribution is 2.23. The van der Waals surface area contributed by atoms with Crippen LogP contribution < -0.4 is 10.1 Å². The van der Waals surface area contributed by atoms with Crippen molar-refractivity contribution in [2.24, 2.45) is 0 Å². The molecule has 0 saturated heterocycles. The van der Waals surface area contributed by atoms with E-state index < -0.39 is 0 Å². The molecule has 0 fully saturated rings. The molecule has 8 heteroatoms. The number of aryl methyl sites for hydroxylation is 2. The summed E-state index contributed by atoms with van der Waals surface area (Å²) in [6, 6.07) is 11.3. The van der Waals surface area contributed by atoms with E-state index in [9.17, 15) is 4.79 Å². The Morgan fingerprint density at radius 3 is 2.42 bits per heavy atom. The lowest BCUT2D eigenvalue weighted by molar-refractivity contribution is -0.116. The number of pyridine rings is 3. The van der Waals surface area contributed by atoms with E-state index in [2.05, 4.69) is 25.4 Å². The van der Waals surface area contributed by atoms with E-state index in [4.69, 9.17) is 4.74 Å². The molecular formula is C23H22N6O2. The summed E-state index contributed by atoms with van der Waals surface area (Å²) in [6.45, 7) is 3.96. The van der Waals surface area contributed by atoms with Crippen LogP contribution in [0, 0.1) is 13.8 Å². The van der Waals surface area contributed by atoms with Gasteiger partial charge in [0.25, 0.3) is 0 Å². The topological polar surface area (TPSA) is 94.8 Å². The molecule has 4 aromatic rings. The Hall–Kier alpha value is -4.07. The number of carbonyl (C=O) groups is 1. The zero-order valence-electron chi connectivity index (χ0n) is 17.5. The SMILES string of the molecule is COc1ccc(-c2ccc(NC(=O)Cn3cc(-c4ccnc(C)c4)c(C)n3)nc2)cn1. The summed E-state index contributed by atoms with van der Waals surface area (Å²) >= 11 is 0. The molecule has 0 saturated carbocycles. The fourth-order valence-electron chi connectivity index (χ4n) is 3.24. The second-order valence-electron chi connectivity index (χ2n) is 7.08. The molecule has 0 aliphatic heterocycles. The average molecular weight is 414 g/mol. The summed E-state index contributed by atoms with van der Waals surface area (Å²) in [5.74, 6) is 0.826. The van der Waals surface area contributed by atoms with Crippen LogP contribution in [0.1, 0.15) is 11.4 Å². The van der Waals surface area contributed by atoms with Gasteiger partial charge in [0.05, 0.1) is 12.8 Å². The van der Waals surface area contributed by atoms with Crippen molar-refractivity contribution < 1.29 is 9.53 Å². The number of nitrogens with one attached hydrogen (secondary N) is 1. The van der Waals surface area contributed by atoms with Gasteiger partial charge in [0.1, 0.15) is 12.4 Å². The van der Waals surface area contributed by atoms with Crippen LogP contribution in [0.3, 0.4) is 0 Å². The summed E-state index contributed by atoms with van der Waals surface area (Å²) in [4.78, 5) is 25.2. The number of rotatable bonds is 6. The van der Waals surface area contributed by atoms with Crippen molar-refractivity contribution in [3.63, 3.8) is 0 Å². The number of hydrogen-bond donors (Lipinski definition) is 1. The summed E-state index contributed by atoms with van der Waals surface area (Å²) < 4.78 is 6.70. The summed E-state index contributed by atoms with van der Waals surface area (Å²) in [6.07, 6.45) is 7.06. The van der Waals surface area contributed by atoms with E-state index in [1.54, 1.807) is 42.5 Å². The molecule has 0 spiro atoms. The quantitative estimate of drug-likeness (QED) is 0.517. The van der Waals surface area contributed by atoms with E-state index in [1.807, 2.05) is 44.3 Å². The number of anilines is 1. The van der Waals surface area contributed by atoms with E-state index in [0.29, 0.717) is 11.7 Å². The molecule has 1 N–H and O–H groups in total. The van der Waals surface area contributed by atoms with Gasteiger partial charge in [0.2, 0.25) is 11.8 Å². The van der Waals surface area contributed by atoms with Crippen molar-refractivity contribution in [1.29, 1.82) is 0 Å². The first-order chi connectivity index (χ1) is 15.0. The predicted molar refractivity (Wildman–Crippen MR) is 118 cm³/mol. The number of nitrogens with zero attached hydrogens (tertiary/aromatic N) is 5. The lowest BCUT2D eigenvalue weighted by Gasteiger charge is -2.06. The van der Waals surface area contributed by atoms with Crippen LogP contribution in [0.25, 0.3) is 22.3 Å². The molecule has 156 valence electrons. The summed E-state index contributed by atoms with van der Waals surface area (Å²) in [5.41, 5.74) is 5.61. The molecule has 31 heavy (non-hydrogen) atoms. The van der Waals surface area contributed by atoms with E-state index in [1.165, 1.54) is 0 Å². The first kappa shape index (κ1) is 20.2. The van der Waals surface area contributed by atoms with Crippen LogP contribution in [0.2, 0.25) is 0 Å². The number of carbonyl (C=O) groups excluding carboxylic acids is 1. The molecule has 1 amide bonds. The minimum Gasteiger partial charge on any atom is -0.481 e. The molecular weight excluding hydrogens is 392 g/mol. The van der Waals surface area contributed by atoms with E-state index in [-0.39, 0.29) is 12.5 Å². The zero-order chi connectivity index (χ0) is 21.8. The molecule has 8 nitrogen and oxygen atoms in total. The van der Waals surface area contributed by atoms with Crippen LogP contribution in [-0.2, 0) is 11.3 Å². The van der Waals surface area contributed by atoms with Gasteiger partial charge in [0, 0.05) is 53.2 Å². The molecule has 4 heterocycles. The average Bonchev–Trinajstić information content (AvgIpc) is 3.14. The molecule has 0 atom stereocenters. The Kier molecular flexibility index (Phi) is 5.70. The molecule has 0 bridgehead atoms. The molecule has 0 aliphatic rings. The molecule has 4 rings (SSSR count).